The van der Waals surface area contributed by atoms with Crippen LogP contribution in [0.2, 0.25) is 0 Å². The van der Waals surface area contributed by atoms with E-state index in [2.05, 4.69) is 4.98 Å². The number of amides is 1. The molecule has 1 atom stereocenters. The number of H-pyrrole nitrogens is 1. The highest BCUT2D eigenvalue weighted by atomic mass is 19.4. The van der Waals surface area contributed by atoms with Gasteiger partial charge in [0.25, 0.3) is 5.91 Å². The number of alkyl halides is 3. The van der Waals surface area contributed by atoms with Crippen LogP contribution in [0.4, 0.5) is 13.2 Å². The van der Waals surface area contributed by atoms with Gasteiger partial charge in [-0.25, -0.2) is 9.59 Å². The molecule has 1 heterocycles. The number of nitrogens with one attached hydrogen (secondary N) is 2. The molecule has 2 N–H and O–H groups in total. The van der Waals surface area contributed by atoms with Gasteiger partial charge in [-0.05, 0) is 33.3 Å². The summed E-state index contributed by atoms with van der Waals surface area (Å²) in [5.41, 5.74) is 0.736. The van der Waals surface area contributed by atoms with Gasteiger partial charge >= 0.3 is 18.1 Å². The summed E-state index contributed by atoms with van der Waals surface area (Å²) in [4.78, 5) is 38.2. The number of aryl methyl sites for hydroxylation is 1. The molecule has 0 saturated heterocycles. The third kappa shape index (κ3) is 5.50. The van der Waals surface area contributed by atoms with E-state index >= 15 is 0 Å². The van der Waals surface area contributed by atoms with Gasteiger partial charge in [0, 0.05) is 5.69 Å². The van der Waals surface area contributed by atoms with E-state index in [1.165, 1.54) is 6.92 Å². The molecular weight excluding hydrogens is 345 g/mol. The first-order chi connectivity index (χ1) is 11.5. The van der Waals surface area contributed by atoms with Gasteiger partial charge in [0.1, 0.15) is 12.2 Å². The van der Waals surface area contributed by atoms with Gasteiger partial charge in [0.15, 0.2) is 6.10 Å². The molecule has 0 bridgehead atoms. The van der Waals surface area contributed by atoms with E-state index in [1.54, 1.807) is 19.2 Å². The lowest BCUT2D eigenvalue weighted by atomic mass is 10.1. The number of hydrogen-bond donors (Lipinski definition) is 2. The number of rotatable bonds is 6. The second-order valence-corrected chi connectivity index (χ2v) is 5.23. The van der Waals surface area contributed by atoms with Crippen LogP contribution in [0.15, 0.2) is 0 Å². The Morgan fingerprint density at radius 2 is 1.80 bits per heavy atom. The van der Waals surface area contributed by atoms with E-state index < -0.39 is 36.7 Å². The van der Waals surface area contributed by atoms with Crippen LogP contribution in [-0.4, -0.2) is 48.3 Å². The third-order valence-electron chi connectivity index (χ3n) is 3.24. The number of halogens is 3. The molecule has 0 spiro atoms. The van der Waals surface area contributed by atoms with Gasteiger partial charge in [-0.15, -0.1) is 0 Å². The third-order valence-corrected chi connectivity index (χ3v) is 3.24. The average molecular weight is 364 g/mol. The normalized spacial score (nSPS) is 12.4. The molecule has 7 nitrogen and oxygen atoms in total. The molecule has 0 fully saturated rings. The summed E-state index contributed by atoms with van der Waals surface area (Å²) in [6.45, 7) is 4.43. The van der Waals surface area contributed by atoms with Crippen molar-refractivity contribution in [1.82, 2.24) is 10.3 Å². The SMILES string of the molecule is CCOC(=O)c1c(C)[nH]c(C(=O)O[C@@H](C)C(=O)NCC(F)(F)F)c1C. The Bertz CT molecular complexity index is 667. The number of carbonyl (C=O) groups is 3. The summed E-state index contributed by atoms with van der Waals surface area (Å²) in [5.74, 6) is -2.67. The van der Waals surface area contributed by atoms with Crippen LogP contribution in [0.1, 0.15) is 46.0 Å². The van der Waals surface area contributed by atoms with Crippen molar-refractivity contribution in [2.45, 2.75) is 40.0 Å². The van der Waals surface area contributed by atoms with Gasteiger partial charge in [-0.3, -0.25) is 4.79 Å². The number of ether oxygens (including phenoxy) is 2. The Balaban J connectivity index is 2.82. The highest BCUT2D eigenvalue weighted by Crippen LogP contribution is 2.20. The highest BCUT2D eigenvalue weighted by molar-refractivity contribution is 5.99. The zero-order valence-corrected chi connectivity index (χ0v) is 14.2. The monoisotopic (exact) mass is 364 g/mol. The maximum atomic E-state index is 12.1. The lowest BCUT2D eigenvalue weighted by Gasteiger charge is -2.14. The van der Waals surface area contributed by atoms with E-state index in [-0.39, 0.29) is 23.4 Å². The molecule has 10 heteroatoms. The van der Waals surface area contributed by atoms with Gasteiger partial charge in [-0.1, -0.05) is 0 Å². The summed E-state index contributed by atoms with van der Waals surface area (Å²) in [6, 6.07) is 0. The van der Waals surface area contributed by atoms with Crippen LogP contribution in [-0.2, 0) is 14.3 Å². The fraction of sp³-hybridized carbons (Fsp3) is 0.533. The number of aromatic nitrogens is 1. The molecule has 0 radical (unpaired) electrons. The second-order valence-electron chi connectivity index (χ2n) is 5.23. The predicted octanol–water partition coefficient (Wildman–Crippen LogP) is 2.03. The summed E-state index contributed by atoms with van der Waals surface area (Å²) in [7, 11) is 0. The molecule has 0 aliphatic carbocycles. The molecule has 25 heavy (non-hydrogen) atoms. The molecule has 1 rings (SSSR count). The molecule has 0 aliphatic rings. The Labute approximate surface area is 141 Å². The summed E-state index contributed by atoms with van der Waals surface area (Å²) < 4.78 is 46.0. The van der Waals surface area contributed by atoms with Gasteiger partial charge < -0.3 is 19.8 Å². The van der Waals surface area contributed by atoms with Gasteiger partial charge in [0.2, 0.25) is 0 Å². The smallest absolute Gasteiger partial charge is 0.405 e. The van der Waals surface area contributed by atoms with Crippen molar-refractivity contribution in [1.29, 1.82) is 0 Å². The van der Waals surface area contributed by atoms with Crippen LogP contribution < -0.4 is 5.32 Å². The van der Waals surface area contributed by atoms with Gasteiger partial charge in [0.05, 0.1) is 12.2 Å². The zero-order valence-electron chi connectivity index (χ0n) is 14.2. The lowest BCUT2D eigenvalue weighted by Crippen LogP contribution is -2.40. The topological polar surface area (TPSA) is 97.5 Å². The summed E-state index contributed by atoms with van der Waals surface area (Å²) in [6.07, 6.45) is -6.01. The molecule has 140 valence electrons. The predicted molar refractivity (Wildman–Crippen MR) is 80.2 cm³/mol. The van der Waals surface area contributed by atoms with Crippen LogP contribution in [0.3, 0.4) is 0 Å². The summed E-state index contributed by atoms with van der Waals surface area (Å²) in [5, 5.41) is 1.62. The largest absolute Gasteiger partial charge is 0.462 e. The summed E-state index contributed by atoms with van der Waals surface area (Å²) >= 11 is 0. The Morgan fingerprint density at radius 1 is 1.20 bits per heavy atom. The number of esters is 2. The molecule has 1 aromatic rings. The van der Waals surface area contributed by atoms with E-state index in [1.807, 2.05) is 0 Å². The van der Waals surface area contributed by atoms with Crippen molar-refractivity contribution < 1.29 is 37.0 Å². The fourth-order valence-electron chi connectivity index (χ4n) is 2.07. The molecule has 1 aromatic heterocycles. The van der Waals surface area contributed by atoms with Gasteiger partial charge in [-0.2, -0.15) is 13.2 Å². The Hall–Kier alpha value is -2.52. The minimum absolute atomic E-state index is 0.0731. The molecule has 1 amide bonds. The first-order valence-electron chi connectivity index (χ1n) is 7.39. The fourth-order valence-corrected chi connectivity index (χ4v) is 2.07. The lowest BCUT2D eigenvalue weighted by molar-refractivity contribution is -0.143. The maximum Gasteiger partial charge on any atom is 0.405 e. The van der Waals surface area contributed by atoms with E-state index in [4.69, 9.17) is 9.47 Å². The quantitative estimate of drug-likeness (QED) is 0.753. The van der Waals surface area contributed by atoms with Crippen molar-refractivity contribution in [3.8, 4) is 0 Å². The Kier molecular flexibility index (Phi) is 6.60. The van der Waals surface area contributed by atoms with Crippen molar-refractivity contribution in [3.63, 3.8) is 0 Å². The molecule has 0 saturated carbocycles. The minimum atomic E-state index is -4.57. The Morgan fingerprint density at radius 3 is 2.32 bits per heavy atom. The number of aromatic amines is 1. The van der Waals surface area contributed by atoms with Crippen LogP contribution in [0, 0.1) is 13.8 Å². The maximum absolute atomic E-state index is 12.1. The standard InChI is InChI=1S/C15H19F3N2O5/c1-5-24-13(22)10-7(2)11(20-8(10)3)14(23)25-9(4)12(21)19-6-15(16,17)18/h9,20H,5-6H2,1-4H3,(H,19,21)/t9-/m0/s1. The van der Waals surface area contributed by atoms with Crippen LogP contribution in [0.5, 0.6) is 0 Å². The average Bonchev–Trinajstić information content (AvgIpc) is 2.79. The molecule has 0 aromatic carbocycles. The van der Waals surface area contributed by atoms with Crippen molar-refractivity contribution in [3.05, 3.63) is 22.5 Å². The highest BCUT2D eigenvalue weighted by Gasteiger charge is 2.30. The van der Waals surface area contributed by atoms with Crippen LogP contribution >= 0.6 is 0 Å². The number of carbonyl (C=O) groups excluding carboxylic acids is 3. The van der Waals surface area contributed by atoms with Crippen LogP contribution in [0.25, 0.3) is 0 Å². The zero-order chi connectivity index (χ0) is 19.4. The molecular formula is C15H19F3N2O5. The van der Waals surface area contributed by atoms with E-state index in [0.717, 1.165) is 6.92 Å². The first-order valence-corrected chi connectivity index (χ1v) is 7.39. The first kappa shape index (κ1) is 20.5. The minimum Gasteiger partial charge on any atom is -0.462 e. The number of hydrogen-bond acceptors (Lipinski definition) is 5. The van der Waals surface area contributed by atoms with Crippen molar-refractivity contribution in [2.24, 2.45) is 0 Å². The second kappa shape index (κ2) is 8.04. The van der Waals surface area contributed by atoms with Crippen molar-refractivity contribution >= 4 is 17.8 Å². The van der Waals surface area contributed by atoms with E-state index in [9.17, 15) is 27.6 Å². The van der Waals surface area contributed by atoms with E-state index in [0.29, 0.717) is 5.69 Å². The van der Waals surface area contributed by atoms with Crippen molar-refractivity contribution in [2.75, 3.05) is 13.2 Å². The molecule has 0 unspecified atom stereocenters. The molecule has 0 aliphatic heterocycles.